The Morgan fingerprint density at radius 2 is 2.13 bits per heavy atom. The molecule has 0 aliphatic carbocycles. The van der Waals surface area contributed by atoms with Crippen molar-refractivity contribution < 1.29 is 9.90 Å². The van der Waals surface area contributed by atoms with Crippen molar-refractivity contribution in [3.8, 4) is 16.4 Å². The molecule has 0 bridgehead atoms. The highest BCUT2D eigenvalue weighted by atomic mass is 79.9. The molecular formula is C18H15BrCl2N7OS+. The van der Waals surface area contributed by atoms with E-state index in [-0.39, 0.29) is 0 Å². The first-order valence-corrected chi connectivity index (χ1v) is 11.0. The van der Waals surface area contributed by atoms with E-state index in [0.717, 1.165) is 5.56 Å². The van der Waals surface area contributed by atoms with E-state index in [9.17, 15) is 5.11 Å². The fourth-order valence-electron chi connectivity index (χ4n) is 2.95. The zero-order valence-electron chi connectivity index (χ0n) is 15.4. The van der Waals surface area contributed by atoms with Gasteiger partial charge in [-0.25, -0.2) is 9.67 Å². The molecule has 0 amide bonds. The van der Waals surface area contributed by atoms with Gasteiger partial charge in [0.15, 0.2) is 12.0 Å². The van der Waals surface area contributed by atoms with Crippen molar-refractivity contribution in [2.45, 2.75) is 13.2 Å². The summed E-state index contributed by atoms with van der Waals surface area (Å²) >= 11 is 17.3. The van der Waals surface area contributed by atoms with Gasteiger partial charge in [-0.2, -0.15) is 10.9 Å². The number of rotatable bonds is 5. The maximum absolute atomic E-state index is 11.0. The zero-order valence-corrected chi connectivity index (χ0v) is 19.3. The van der Waals surface area contributed by atoms with Gasteiger partial charge in [0, 0.05) is 32.4 Å². The molecule has 0 aliphatic heterocycles. The second kappa shape index (κ2) is 8.48. The minimum absolute atomic E-state index is 0.401. The number of hydrogen-bond donors (Lipinski definition) is 3. The van der Waals surface area contributed by atoms with Crippen LogP contribution in [0.15, 0.2) is 46.6 Å². The molecule has 3 aromatic heterocycles. The van der Waals surface area contributed by atoms with Gasteiger partial charge in [-0.1, -0.05) is 23.2 Å². The van der Waals surface area contributed by atoms with Gasteiger partial charge >= 0.3 is 0 Å². The monoisotopic (exact) mass is 526 g/mol. The summed E-state index contributed by atoms with van der Waals surface area (Å²) in [7, 11) is 0. The largest absolute Gasteiger partial charge is 0.368 e. The maximum atomic E-state index is 11.0. The summed E-state index contributed by atoms with van der Waals surface area (Å²) in [5.74, 6) is 6.11. The average molecular weight is 528 g/mol. The highest BCUT2D eigenvalue weighted by Crippen LogP contribution is 2.36. The van der Waals surface area contributed by atoms with Crippen molar-refractivity contribution in [1.29, 1.82) is 0 Å². The van der Waals surface area contributed by atoms with E-state index in [1.165, 1.54) is 20.8 Å². The third-order valence-corrected chi connectivity index (χ3v) is 5.96. The summed E-state index contributed by atoms with van der Waals surface area (Å²) in [5, 5.41) is 24.4. The molecule has 1 aromatic carbocycles. The Morgan fingerprint density at radius 1 is 1.33 bits per heavy atom. The summed E-state index contributed by atoms with van der Waals surface area (Å²) in [6.45, 7) is 1.89. The van der Waals surface area contributed by atoms with Gasteiger partial charge in [-0.05, 0) is 70.1 Å². The van der Waals surface area contributed by atoms with Crippen LogP contribution in [0.1, 0.15) is 17.5 Å². The number of aliphatic hydroxyl groups excluding tert-OH is 1. The molecule has 154 valence electrons. The Labute approximate surface area is 194 Å². The first kappa shape index (κ1) is 21.0. The number of nitrogen functional groups attached to an aromatic ring is 1. The molecule has 0 saturated carbocycles. The lowest BCUT2D eigenvalue weighted by molar-refractivity contribution is -0.694. The Morgan fingerprint density at radius 3 is 2.83 bits per heavy atom. The lowest BCUT2D eigenvalue weighted by Gasteiger charge is -2.19. The highest BCUT2D eigenvalue weighted by molar-refractivity contribution is 9.10. The molecule has 8 nitrogen and oxygen atoms in total. The lowest BCUT2D eigenvalue weighted by atomic mass is 10.1. The van der Waals surface area contributed by atoms with Crippen molar-refractivity contribution in [1.82, 2.24) is 19.9 Å². The molecule has 3 heterocycles. The summed E-state index contributed by atoms with van der Waals surface area (Å²) in [6, 6.07) is 8.68. The standard InChI is InChI=1S/C18H15BrCl2N7OS/c1-9-5-10(20)6-11(18-26-27(22)8-30-18)15(9)24-17(29)13-7-14(19)25-28(13)16-12(21)3-2-4-23-16/h2-8,17,24,29H,22H2,1H3/q+1. The van der Waals surface area contributed by atoms with Gasteiger partial charge in [0.25, 0.3) is 5.51 Å². The van der Waals surface area contributed by atoms with Gasteiger partial charge in [-0.15, -0.1) is 0 Å². The van der Waals surface area contributed by atoms with Gasteiger partial charge in [0.2, 0.25) is 5.01 Å². The number of pyridine rings is 1. The number of nitrogens with one attached hydrogen (secondary N) is 1. The van der Waals surface area contributed by atoms with Crippen LogP contribution in [0.4, 0.5) is 5.69 Å². The summed E-state index contributed by atoms with van der Waals surface area (Å²) < 4.78 is 2.00. The second-order valence-electron chi connectivity index (χ2n) is 6.31. The van der Waals surface area contributed by atoms with Crippen molar-refractivity contribution in [2.75, 3.05) is 11.2 Å². The van der Waals surface area contributed by atoms with Gasteiger partial charge in [0.1, 0.15) is 4.60 Å². The van der Waals surface area contributed by atoms with Crippen LogP contribution in [-0.2, 0) is 0 Å². The van der Waals surface area contributed by atoms with Crippen molar-refractivity contribution in [3.05, 3.63) is 67.9 Å². The van der Waals surface area contributed by atoms with Crippen LogP contribution < -0.4 is 16.0 Å². The van der Waals surface area contributed by atoms with Gasteiger partial charge in [0.05, 0.1) is 10.7 Å². The number of nitrogens with two attached hydrogens (primary N) is 1. The van der Waals surface area contributed by atoms with Crippen LogP contribution >= 0.6 is 50.5 Å². The number of halogens is 3. The molecule has 4 aromatic rings. The van der Waals surface area contributed by atoms with Crippen LogP contribution in [0.5, 0.6) is 0 Å². The Bertz CT molecular complexity index is 1230. The van der Waals surface area contributed by atoms with E-state index in [1.54, 1.807) is 42.0 Å². The molecule has 30 heavy (non-hydrogen) atoms. The molecule has 1 atom stereocenters. The Balaban J connectivity index is 1.76. The predicted molar refractivity (Wildman–Crippen MR) is 120 cm³/mol. The predicted octanol–water partition coefficient (Wildman–Crippen LogP) is 3.87. The third kappa shape index (κ3) is 4.14. The quantitative estimate of drug-likeness (QED) is 0.207. The molecule has 1 unspecified atom stereocenters. The summed E-state index contributed by atoms with van der Waals surface area (Å²) in [6.07, 6.45) is 0.470. The van der Waals surface area contributed by atoms with Crippen LogP contribution in [-0.4, -0.2) is 25.0 Å². The van der Waals surface area contributed by atoms with Gasteiger partial charge in [-0.3, -0.25) is 0 Å². The van der Waals surface area contributed by atoms with Crippen LogP contribution in [0.3, 0.4) is 0 Å². The van der Waals surface area contributed by atoms with Crippen LogP contribution in [0.25, 0.3) is 16.4 Å². The third-order valence-electron chi connectivity index (χ3n) is 4.22. The molecule has 0 spiro atoms. The van der Waals surface area contributed by atoms with Crippen molar-refractivity contribution in [2.24, 2.45) is 0 Å². The number of aryl methyl sites for hydroxylation is 1. The number of nitrogens with zero attached hydrogens (tertiary/aromatic N) is 5. The fourth-order valence-corrected chi connectivity index (χ4v) is 4.50. The Kier molecular flexibility index (Phi) is 5.94. The van der Waals surface area contributed by atoms with E-state index in [4.69, 9.17) is 29.0 Å². The average Bonchev–Trinajstić information content (AvgIpc) is 3.29. The van der Waals surface area contributed by atoms with Gasteiger partial charge < -0.3 is 10.4 Å². The molecule has 0 radical (unpaired) electrons. The second-order valence-corrected chi connectivity index (χ2v) is 8.80. The van der Waals surface area contributed by atoms with E-state index < -0.39 is 6.23 Å². The van der Waals surface area contributed by atoms with E-state index in [0.29, 0.717) is 42.4 Å². The topological polar surface area (TPSA) is 106 Å². The smallest absolute Gasteiger partial charge is 0.286 e. The molecule has 0 aliphatic rings. The first-order valence-electron chi connectivity index (χ1n) is 8.57. The number of hydrogen-bond acceptors (Lipinski definition) is 7. The maximum Gasteiger partial charge on any atom is 0.286 e. The highest BCUT2D eigenvalue weighted by Gasteiger charge is 2.23. The summed E-state index contributed by atoms with van der Waals surface area (Å²) in [4.78, 5) is 5.50. The number of benzene rings is 1. The molecular weight excluding hydrogens is 513 g/mol. The molecule has 4 N–H and O–H groups in total. The van der Waals surface area contributed by atoms with E-state index in [1.807, 2.05) is 6.92 Å². The molecule has 0 saturated heterocycles. The first-order chi connectivity index (χ1) is 14.3. The minimum Gasteiger partial charge on any atom is -0.368 e. The normalized spacial score (nSPS) is 12.2. The number of aliphatic hydroxyl groups is 1. The molecule has 0 fully saturated rings. The van der Waals surface area contributed by atoms with E-state index in [2.05, 4.69) is 36.4 Å². The number of aromatic nitrogens is 5. The van der Waals surface area contributed by atoms with Crippen LogP contribution in [0.2, 0.25) is 10.0 Å². The Hall–Kier alpha value is -2.24. The fraction of sp³-hybridized carbons (Fsp3) is 0.111. The summed E-state index contributed by atoms with van der Waals surface area (Å²) in [5.41, 5.74) is 4.32. The van der Waals surface area contributed by atoms with Crippen molar-refractivity contribution in [3.63, 3.8) is 0 Å². The SMILES string of the molecule is Cc1cc(Cl)cc(-c2n[n+](N)cs2)c1NC(O)c1cc(Br)nn1-c1ncccc1Cl. The minimum atomic E-state index is -1.13. The molecule has 12 heteroatoms. The van der Waals surface area contributed by atoms with Crippen LogP contribution in [0, 0.1) is 6.92 Å². The number of anilines is 1. The molecule has 4 rings (SSSR count). The van der Waals surface area contributed by atoms with E-state index >= 15 is 0 Å². The zero-order chi connectivity index (χ0) is 21.4. The van der Waals surface area contributed by atoms with Crippen molar-refractivity contribution >= 4 is 56.2 Å². The lowest BCUT2D eigenvalue weighted by Crippen LogP contribution is -2.45.